The SMILES string of the molecule is CSc1nc(C2CC2)cc(C(=O)N2CCCC(C(=O)Nc3cccc(C)n3)C2)c1C#N. The monoisotopic (exact) mass is 435 g/mol. The number of amides is 2. The van der Waals surface area contributed by atoms with Crippen molar-refractivity contribution in [3.8, 4) is 6.07 Å². The van der Waals surface area contributed by atoms with Crippen LogP contribution in [0.15, 0.2) is 29.3 Å². The van der Waals surface area contributed by atoms with Gasteiger partial charge in [0.1, 0.15) is 16.9 Å². The Labute approximate surface area is 186 Å². The second-order valence-corrected chi connectivity index (χ2v) is 8.90. The van der Waals surface area contributed by atoms with Crippen LogP contribution in [-0.2, 0) is 4.79 Å². The third-order valence-electron chi connectivity index (χ3n) is 5.76. The third-order valence-corrected chi connectivity index (χ3v) is 6.44. The number of nitrogens with zero attached hydrogens (tertiary/aromatic N) is 4. The first-order chi connectivity index (χ1) is 15.0. The van der Waals surface area contributed by atoms with Gasteiger partial charge in [-0.25, -0.2) is 9.97 Å². The first kappa shape index (κ1) is 21.3. The number of rotatable bonds is 5. The Morgan fingerprint density at radius 3 is 2.74 bits per heavy atom. The number of carbonyl (C=O) groups is 2. The van der Waals surface area contributed by atoms with E-state index in [0.29, 0.717) is 47.4 Å². The van der Waals surface area contributed by atoms with Gasteiger partial charge >= 0.3 is 0 Å². The Morgan fingerprint density at radius 1 is 1.26 bits per heavy atom. The smallest absolute Gasteiger partial charge is 0.255 e. The van der Waals surface area contributed by atoms with Gasteiger partial charge in [0.25, 0.3) is 5.91 Å². The number of thioether (sulfide) groups is 1. The molecule has 1 saturated heterocycles. The van der Waals surface area contributed by atoms with Crippen molar-refractivity contribution in [2.24, 2.45) is 5.92 Å². The summed E-state index contributed by atoms with van der Waals surface area (Å²) in [6.45, 7) is 2.78. The summed E-state index contributed by atoms with van der Waals surface area (Å²) in [6, 6.07) is 9.45. The molecule has 1 aliphatic carbocycles. The fraction of sp³-hybridized carbons (Fsp3) is 0.435. The van der Waals surface area contributed by atoms with Crippen molar-refractivity contribution >= 4 is 29.4 Å². The lowest BCUT2D eigenvalue weighted by Crippen LogP contribution is -2.44. The predicted molar refractivity (Wildman–Crippen MR) is 119 cm³/mol. The van der Waals surface area contributed by atoms with Crippen LogP contribution in [0.4, 0.5) is 5.82 Å². The summed E-state index contributed by atoms with van der Waals surface area (Å²) in [7, 11) is 0. The summed E-state index contributed by atoms with van der Waals surface area (Å²) >= 11 is 1.39. The maximum atomic E-state index is 13.4. The van der Waals surface area contributed by atoms with E-state index in [4.69, 9.17) is 0 Å². The standard InChI is InChI=1S/C23H25N5O2S/c1-14-5-3-7-20(25-14)27-21(29)16-6-4-10-28(13-16)23(30)17-11-19(15-8-9-15)26-22(31-2)18(17)12-24/h3,5,7,11,15-16H,4,6,8-10,13H2,1-2H3,(H,25,27,29). The molecule has 4 rings (SSSR count). The van der Waals surface area contributed by atoms with Crippen molar-refractivity contribution in [3.05, 3.63) is 46.8 Å². The van der Waals surface area contributed by atoms with Crippen molar-refractivity contribution in [2.45, 2.75) is 43.6 Å². The minimum Gasteiger partial charge on any atom is -0.338 e. The van der Waals surface area contributed by atoms with Crippen LogP contribution in [0.25, 0.3) is 0 Å². The molecule has 2 amide bonds. The highest BCUT2D eigenvalue weighted by Crippen LogP contribution is 2.41. The first-order valence-corrected chi connectivity index (χ1v) is 11.8. The van der Waals surface area contributed by atoms with E-state index in [-0.39, 0.29) is 17.7 Å². The summed E-state index contributed by atoms with van der Waals surface area (Å²) in [5.41, 5.74) is 2.46. The van der Waals surface area contributed by atoms with Crippen LogP contribution in [-0.4, -0.2) is 46.0 Å². The summed E-state index contributed by atoms with van der Waals surface area (Å²) in [6.07, 6.45) is 5.46. The van der Waals surface area contributed by atoms with E-state index in [2.05, 4.69) is 21.4 Å². The average molecular weight is 436 g/mol. The number of anilines is 1. The number of carbonyl (C=O) groups excluding carboxylic acids is 2. The number of likely N-dealkylation sites (tertiary alicyclic amines) is 1. The molecule has 7 nitrogen and oxygen atoms in total. The molecule has 160 valence electrons. The number of piperidine rings is 1. The lowest BCUT2D eigenvalue weighted by Gasteiger charge is -2.32. The van der Waals surface area contributed by atoms with Gasteiger partial charge in [-0.3, -0.25) is 9.59 Å². The van der Waals surface area contributed by atoms with E-state index >= 15 is 0 Å². The number of nitrogens with one attached hydrogen (secondary N) is 1. The van der Waals surface area contributed by atoms with E-state index in [0.717, 1.165) is 30.7 Å². The second kappa shape index (κ2) is 9.06. The van der Waals surface area contributed by atoms with Gasteiger partial charge in [0.2, 0.25) is 5.91 Å². The van der Waals surface area contributed by atoms with Crippen molar-refractivity contribution in [1.82, 2.24) is 14.9 Å². The molecule has 0 bridgehead atoms. The van der Waals surface area contributed by atoms with E-state index in [1.54, 1.807) is 17.0 Å². The van der Waals surface area contributed by atoms with Crippen LogP contribution in [0.3, 0.4) is 0 Å². The highest BCUT2D eigenvalue weighted by Gasteiger charge is 2.33. The molecule has 8 heteroatoms. The van der Waals surface area contributed by atoms with Crippen molar-refractivity contribution in [2.75, 3.05) is 24.7 Å². The molecular formula is C23H25N5O2S. The molecular weight excluding hydrogens is 410 g/mol. The molecule has 1 aliphatic heterocycles. The molecule has 0 aromatic carbocycles. The zero-order valence-corrected chi connectivity index (χ0v) is 18.5. The van der Waals surface area contributed by atoms with Crippen LogP contribution in [0, 0.1) is 24.2 Å². The summed E-state index contributed by atoms with van der Waals surface area (Å²) in [5.74, 6) is 0.270. The molecule has 1 atom stereocenters. The largest absolute Gasteiger partial charge is 0.338 e. The van der Waals surface area contributed by atoms with E-state index in [9.17, 15) is 14.9 Å². The van der Waals surface area contributed by atoms with Gasteiger partial charge < -0.3 is 10.2 Å². The van der Waals surface area contributed by atoms with Gasteiger partial charge in [0.15, 0.2) is 0 Å². The lowest BCUT2D eigenvalue weighted by atomic mass is 9.96. The Balaban J connectivity index is 1.53. The second-order valence-electron chi connectivity index (χ2n) is 8.11. The van der Waals surface area contributed by atoms with Gasteiger partial charge in [-0.1, -0.05) is 6.07 Å². The molecule has 2 fully saturated rings. The molecule has 1 unspecified atom stereocenters. The fourth-order valence-corrected chi connectivity index (χ4v) is 4.50. The minimum atomic E-state index is -0.310. The molecule has 0 radical (unpaired) electrons. The van der Waals surface area contributed by atoms with Crippen LogP contribution in [0.1, 0.15) is 58.9 Å². The van der Waals surface area contributed by atoms with Crippen molar-refractivity contribution in [1.29, 1.82) is 5.26 Å². The van der Waals surface area contributed by atoms with Crippen molar-refractivity contribution < 1.29 is 9.59 Å². The highest BCUT2D eigenvalue weighted by atomic mass is 32.2. The van der Waals surface area contributed by atoms with Gasteiger partial charge in [-0.15, -0.1) is 11.8 Å². The normalized spacial score (nSPS) is 18.4. The van der Waals surface area contributed by atoms with Crippen LogP contribution >= 0.6 is 11.8 Å². The molecule has 2 aromatic heterocycles. The third kappa shape index (κ3) is 4.72. The Bertz CT molecular complexity index is 1060. The summed E-state index contributed by atoms with van der Waals surface area (Å²) in [4.78, 5) is 36.8. The van der Waals surface area contributed by atoms with Crippen LogP contribution in [0.2, 0.25) is 0 Å². The molecule has 31 heavy (non-hydrogen) atoms. The Kier molecular flexibility index (Phi) is 6.23. The predicted octanol–water partition coefficient (Wildman–Crippen LogP) is 3.75. The molecule has 2 aromatic rings. The number of hydrogen-bond donors (Lipinski definition) is 1. The van der Waals surface area contributed by atoms with Gasteiger partial charge in [0.05, 0.1) is 17.0 Å². The van der Waals surface area contributed by atoms with E-state index < -0.39 is 0 Å². The minimum absolute atomic E-state index is 0.130. The molecule has 2 aliphatic rings. The Hall–Kier alpha value is -2.92. The lowest BCUT2D eigenvalue weighted by molar-refractivity contribution is -0.121. The number of nitriles is 1. The first-order valence-electron chi connectivity index (χ1n) is 10.5. The summed E-state index contributed by atoms with van der Waals surface area (Å²) in [5, 5.41) is 13.2. The van der Waals surface area contributed by atoms with Gasteiger partial charge in [0, 0.05) is 30.4 Å². The molecule has 1 N–H and O–H groups in total. The van der Waals surface area contributed by atoms with Gasteiger partial charge in [-0.05, 0) is 57.1 Å². The van der Waals surface area contributed by atoms with E-state index in [1.807, 2.05) is 25.3 Å². The highest BCUT2D eigenvalue weighted by molar-refractivity contribution is 7.98. The van der Waals surface area contributed by atoms with Crippen molar-refractivity contribution in [3.63, 3.8) is 0 Å². The maximum absolute atomic E-state index is 13.4. The topological polar surface area (TPSA) is 99.0 Å². The Morgan fingerprint density at radius 2 is 2.06 bits per heavy atom. The summed E-state index contributed by atoms with van der Waals surface area (Å²) < 4.78 is 0. The number of hydrogen-bond acceptors (Lipinski definition) is 6. The molecule has 0 spiro atoms. The number of pyridine rings is 2. The molecule has 1 saturated carbocycles. The average Bonchev–Trinajstić information content (AvgIpc) is 3.63. The van der Waals surface area contributed by atoms with E-state index in [1.165, 1.54) is 11.8 Å². The fourth-order valence-electron chi connectivity index (χ4n) is 3.94. The quantitative estimate of drug-likeness (QED) is 0.718. The number of aryl methyl sites for hydroxylation is 1. The molecule has 3 heterocycles. The van der Waals surface area contributed by atoms with Gasteiger partial charge in [-0.2, -0.15) is 5.26 Å². The van der Waals surface area contributed by atoms with Crippen LogP contribution in [0.5, 0.6) is 0 Å². The zero-order valence-electron chi connectivity index (χ0n) is 17.7. The zero-order chi connectivity index (χ0) is 22.0. The number of aromatic nitrogens is 2. The maximum Gasteiger partial charge on any atom is 0.255 e. The van der Waals surface area contributed by atoms with Crippen LogP contribution < -0.4 is 5.32 Å².